The molecular formula is C11H17NO2S. The number of carbonyl (C=O) groups is 1. The van der Waals surface area contributed by atoms with Crippen molar-refractivity contribution < 1.29 is 9.53 Å². The van der Waals surface area contributed by atoms with Crippen LogP contribution in [-0.4, -0.2) is 18.1 Å². The number of aryl methyl sites for hydroxylation is 1. The number of nitrogens with zero attached hydrogens (tertiary/aromatic N) is 1. The second kappa shape index (κ2) is 5.26. The molecule has 0 saturated heterocycles. The first-order chi connectivity index (χ1) is 7.13. The van der Waals surface area contributed by atoms with Gasteiger partial charge in [0.15, 0.2) is 0 Å². The average molecular weight is 227 g/mol. The van der Waals surface area contributed by atoms with E-state index in [1.807, 2.05) is 6.92 Å². The van der Waals surface area contributed by atoms with Gasteiger partial charge in [0.2, 0.25) is 0 Å². The summed E-state index contributed by atoms with van der Waals surface area (Å²) in [6.45, 7) is 6.14. The van der Waals surface area contributed by atoms with Crippen molar-refractivity contribution in [3.8, 4) is 0 Å². The standard InChI is InChI=1S/C11H17NO2S/c1-5-8(6-2)10-12-7(3)9(15-10)11(13)14-4/h8H,5-6H2,1-4H3. The van der Waals surface area contributed by atoms with Crippen molar-refractivity contribution >= 4 is 17.3 Å². The highest BCUT2D eigenvalue weighted by Crippen LogP contribution is 2.29. The Morgan fingerprint density at radius 3 is 2.53 bits per heavy atom. The molecular weight excluding hydrogens is 210 g/mol. The number of carbonyl (C=O) groups excluding carboxylic acids is 1. The minimum Gasteiger partial charge on any atom is -0.465 e. The zero-order chi connectivity index (χ0) is 11.4. The Labute approximate surface area is 94.5 Å². The van der Waals surface area contributed by atoms with Gasteiger partial charge in [0.25, 0.3) is 0 Å². The van der Waals surface area contributed by atoms with E-state index in [1.165, 1.54) is 18.4 Å². The Morgan fingerprint density at radius 2 is 2.07 bits per heavy atom. The fraction of sp³-hybridized carbons (Fsp3) is 0.636. The number of hydrogen-bond donors (Lipinski definition) is 0. The minimum absolute atomic E-state index is 0.276. The molecule has 0 amide bonds. The van der Waals surface area contributed by atoms with Crippen molar-refractivity contribution in [2.24, 2.45) is 0 Å². The molecule has 0 aliphatic carbocycles. The molecule has 0 aliphatic rings. The largest absolute Gasteiger partial charge is 0.465 e. The van der Waals surface area contributed by atoms with Crippen LogP contribution in [0.4, 0.5) is 0 Å². The van der Waals surface area contributed by atoms with Crippen LogP contribution in [0.3, 0.4) is 0 Å². The number of thiazole rings is 1. The van der Waals surface area contributed by atoms with Crippen LogP contribution < -0.4 is 0 Å². The third-order valence-corrected chi connectivity index (χ3v) is 3.82. The number of aromatic nitrogens is 1. The normalized spacial score (nSPS) is 10.7. The predicted octanol–water partition coefficient (Wildman–Crippen LogP) is 3.14. The van der Waals surface area contributed by atoms with Gasteiger partial charge in [0.1, 0.15) is 4.88 Å². The highest BCUT2D eigenvalue weighted by atomic mass is 32.1. The second-order valence-electron chi connectivity index (χ2n) is 3.47. The van der Waals surface area contributed by atoms with Crippen LogP contribution in [0, 0.1) is 6.92 Å². The van der Waals surface area contributed by atoms with E-state index >= 15 is 0 Å². The van der Waals surface area contributed by atoms with Crippen LogP contribution in [0.15, 0.2) is 0 Å². The third-order valence-electron chi connectivity index (χ3n) is 2.52. The lowest BCUT2D eigenvalue weighted by molar-refractivity contribution is 0.0605. The van der Waals surface area contributed by atoms with Crippen LogP contribution in [0.2, 0.25) is 0 Å². The zero-order valence-electron chi connectivity index (χ0n) is 9.66. The smallest absolute Gasteiger partial charge is 0.349 e. The van der Waals surface area contributed by atoms with Gasteiger partial charge in [0.05, 0.1) is 17.8 Å². The Balaban J connectivity index is 2.99. The highest BCUT2D eigenvalue weighted by Gasteiger charge is 2.19. The molecule has 0 N–H and O–H groups in total. The first-order valence-electron chi connectivity index (χ1n) is 5.19. The molecule has 4 heteroatoms. The quantitative estimate of drug-likeness (QED) is 0.742. The van der Waals surface area contributed by atoms with E-state index in [0.717, 1.165) is 23.5 Å². The fourth-order valence-corrected chi connectivity index (χ4v) is 2.76. The lowest BCUT2D eigenvalue weighted by Gasteiger charge is -2.06. The summed E-state index contributed by atoms with van der Waals surface area (Å²) in [5.74, 6) is 0.189. The van der Waals surface area contributed by atoms with Crippen molar-refractivity contribution in [1.82, 2.24) is 4.98 Å². The molecule has 0 atom stereocenters. The van der Waals surface area contributed by atoms with Gasteiger partial charge in [-0.25, -0.2) is 9.78 Å². The molecule has 1 heterocycles. The topological polar surface area (TPSA) is 39.2 Å². The van der Waals surface area contributed by atoms with Crippen LogP contribution in [0.1, 0.15) is 53.0 Å². The lowest BCUT2D eigenvalue weighted by atomic mass is 10.1. The molecule has 0 saturated carbocycles. The van der Waals surface area contributed by atoms with Crippen LogP contribution in [-0.2, 0) is 4.74 Å². The molecule has 1 aromatic heterocycles. The summed E-state index contributed by atoms with van der Waals surface area (Å²) in [4.78, 5) is 16.5. The molecule has 1 rings (SSSR count). The van der Waals surface area contributed by atoms with Gasteiger partial charge >= 0.3 is 5.97 Å². The van der Waals surface area contributed by atoms with Gasteiger partial charge in [-0.2, -0.15) is 0 Å². The van der Waals surface area contributed by atoms with Gasteiger partial charge in [-0.3, -0.25) is 0 Å². The van der Waals surface area contributed by atoms with Gasteiger partial charge in [-0.1, -0.05) is 13.8 Å². The van der Waals surface area contributed by atoms with Gasteiger partial charge in [-0.15, -0.1) is 11.3 Å². The first kappa shape index (κ1) is 12.2. The molecule has 3 nitrogen and oxygen atoms in total. The Kier molecular flexibility index (Phi) is 4.27. The van der Waals surface area contributed by atoms with Gasteiger partial charge in [0, 0.05) is 5.92 Å². The summed E-state index contributed by atoms with van der Waals surface area (Å²) in [5.41, 5.74) is 0.786. The van der Waals surface area contributed by atoms with Crippen molar-refractivity contribution in [3.63, 3.8) is 0 Å². The SMILES string of the molecule is CCC(CC)c1nc(C)c(C(=O)OC)s1. The highest BCUT2D eigenvalue weighted by molar-refractivity contribution is 7.13. The van der Waals surface area contributed by atoms with E-state index in [1.54, 1.807) is 0 Å². The molecule has 0 aromatic carbocycles. The number of esters is 1. The number of methoxy groups -OCH3 is 1. The average Bonchev–Trinajstić information content (AvgIpc) is 2.61. The monoisotopic (exact) mass is 227 g/mol. The zero-order valence-corrected chi connectivity index (χ0v) is 10.5. The summed E-state index contributed by atoms with van der Waals surface area (Å²) in [7, 11) is 1.40. The van der Waals surface area contributed by atoms with E-state index in [-0.39, 0.29) is 5.97 Å². The van der Waals surface area contributed by atoms with Gasteiger partial charge < -0.3 is 4.74 Å². The molecule has 0 unspecified atom stereocenters. The minimum atomic E-state index is -0.276. The summed E-state index contributed by atoms with van der Waals surface area (Å²) in [6.07, 6.45) is 2.12. The Bertz CT molecular complexity index is 342. The molecule has 15 heavy (non-hydrogen) atoms. The van der Waals surface area contributed by atoms with Crippen molar-refractivity contribution in [2.45, 2.75) is 39.5 Å². The predicted molar refractivity (Wildman–Crippen MR) is 61.5 cm³/mol. The van der Waals surface area contributed by atoms with E-state index in [0.29, 0.717) is 10.8 Å². The molecule has 84 valence electrons. The van der Waals surface area contributed by atoms with Crippen LogP contribution in [0.25, 0.3) is 0 Å². The molecule has 0 bridgehead atoms. The number of ether oxygens (including phenoxy) is 1. The van der Waals surface area contributed by atoms with Crippen molar-refractivity contribution in [3.05, 3.63) is 15.6 Å². The fourth-order valence-electron chi connectivity index (χ4n) is 1.51. The summed E-state index contributed by atoms with van der Waals surface area (Å²) in [6, 6.07) is 0. The van der Waals surface area contributed by atoms with Crippen molar-refractivity contribution in [1.29, 1.82) is 0 Å². The Hall–Kier alpha value is -0.900. The maximum Gasteiger partial charge on any atom is 0.349 e. The molecule has 0 aliphatic heterocycles. The summed E-state index contributed by atoms with van der Waals surface area (Å²) < 4.78 is 4.71. The van der Waals surface area contributed by atoms with Crippen LogP contribution in [0.5, 0.6) is 0 Å². The molecule has 0 spiro atoms. The summed E-state index contributed by atoms with van der Waals surface area (Å²) >= 11 is 1.46. The lowest BCUT2D eigenvalue weighted by Crippen LogP contribution is -1.99. The molecule has 0 radical (unpaired) electrons. The maximum atomic E-state index is 11.4. The van der Waals surface area contributed by atoms with E-state index in [4.69, 9.17) is 4.74 Å². The van der Waals surface area contributed by atoms with E-state index < -0.39 is 0 Å². The van der Waals surface area contributed by atoms with E-state index in [2.05, 4.69) is 18.8 Å². The molecule has 0 fully saturated rings. The van der Waals surface area contributed by atoms with Crippen LogP contribution >= 0.6 is 11.3 Å². The maximum absolute atomic E-state index is 11.4. The number of hydrogen-bond acceptors (Lipinski definition) is 4. The number of rotatable bonds is 4. The second-order valence-corrected chi connectivity index (χ2v) is 4.50. The summed E-state index contributed by atoms with van der Waals surface area (Å²) in [5, 5.41) is 1.05. The third kappa shape index (κ3) is 2.56. The van der Waals surface area contributed by atoms with Gasteiger partial charge in [-0.05, 0) is 19.8 Å². The Morgan fingerprint density at radius 1 is 1.47 bits per heavy atom. The van der Waals surface area contributed by atoms with Crippen molar-refractivity contribution in [2.75, 3.05) is 7.11 Å². The van der Waals surface area contributed by atoms with E-state index in [9.17, 15) is 4.79 Å². The molecule has 1 aromatic rings. The first-order valence-corrected chi connectivity index (χ1v) is 6.01.